The second-order valence-corrected chi connectivity index (χ2v) is 6.40. The Morgan fingerprint density at radius 1 is 1.35 bits per heavy atom. The van der Waals surface area contributed by atoms with Gasteiger partial charge in [-0.25, -0.2) is 0 Å². The zero-order valence-electron chi connectivity index (χ0n) is 14.2. The number of piperidine rings is 1. The van der Waals surface area contributed by atoms with E-state index in [1.165, 1.54) is 17.0 Å². The quantitative estimate of drug-likeness (QED) is 0.864. The Kier molecular flexibility index (Phi) is 4.50. The van der Waals surface area contributed by atoms with Crippen molar-refractivity contribution in [2.75, 3.05) is 13.1 Å². The van der Waals surface area contributed by atoms with Gasteiger partial charge >= 0.3 is 0 Å². The first-order valence-corrected chi connectivity index (χ1v) is 8.42. The zero-order valence-corrected chi connectivity index (χ0v) is 14.2. The van der Waals surface area contributed by atoms with Crippen molar-refractivity contribution >= 4 is 0 Å². The molecule has 1 saturated heterocycles. The lowest BCUT2D eigenvalue weighted by atomic mass is 9.89. The first-order chi connectivity index (χ1) is 11.1. The number of hydrogen-bond donors (Lipinski definition) is 2. The minimum atomic E-state index is -0.911. The summed E-state index contributed by atoms with van der Waals surface area (Å²) in [4.78, 5) is 2.31. The van der Waals surface area contributed by atoms with Crippen LogP contribution in [0.5, 0.6) is 0 Å². The Morgan fingerprint density at radius 3 is 2.83 bits per heavy atom. The molecule has 1 atom stereocenters. The molecule has 2 aromatic rings. The Hall–Kier alpha value is -1.73. The number of β-amino-alcohol motifs (C(OH)–C–C–N with tert-alkyl or cyclic N) is 1. The minimum Gasteiger partial charge on any atom is -0.382 e. The summed E-state index contributed by atoms with van der Waals surface area (Å²) in [6.07, 6.45) is 5.21. The van der Waals surface area contributed by atoms with E-state index in [-0.39, 0.29) is 0 Å². The third-order valence-electron chi connectivity index (χ3n) is 4.85. The molecule has 0 aromatic carbocycles. The summed E-state index contributed by atoms with van der Waals surface area (Å²) in [5.41, 5.74) is 3.51. The monoisotopic (exact) mass is 318 g/mol. The standard InChI is InChI=1S/C16H26N6O/c1-4-13-12(14(5-2)21(3)19-13)10-22-8-6-7-16(23,11-22)15-9-17-20-18-15/h9,23H,4-8,10-11H2,1-3H3,(H,17,18,20). The van der Waals surface area contributed by atoms with Crippen molar-refractivity contribution in [2.24, 2.45) is 7.05 Å². The average Bonchev–Trinajstić information content (AvgIpc) is 3.16. The Balaban J connectivity index is 1.81. The molecule has 3 rings (SSSR count). The second-order valence-electron chi connectivity index (χ2n) is 6.40. The fraction of sp³-hybridized carbons (Fsp3) is 0.688. The molecular weight excluding hydrogens is 292 g/mol. The maximum Gasteiger partial charge on any atom is 0.123 e. The summed E-state index contributed by atoms with van der Waals surface area (Å²) in [7, 11) is 2.02. The van der Waals surface area contributed by atoms with Crippen LogP contribution in [-0.2, 0) is 32.0 Å². The van der Waals surface area contributed by atoms with Gasteiger partial charge in [-0.1, -0.05) is 13.8 Å². The van der Waals surface area contributed by atoms with Crippen LogP contribution in [0.2, 0.25) is 0 Å². The third kappa shape index (κ3) is 3.03. The molecule has 0 bridgehead atoms. The number of nitrogens with zero attached hydrogens (tertiary/aromatic N) is 5. The van der Waals surface area contributed by atoms with Crippen molar-refractivity contribution in [1.82, 2.24) is 30.1 Å². The van der Waals surface area contributed by atoms with Crippen LogP contribution in [-0.4, -0.2) is 48.3 Å². The number of aliphatic hydroxyl groups is 1. The predicted octanol–water partition coefficient (Wildman–Crippen LogP) is 1.15. The van der Waals surface area contributed by atoms with E-state index in [4.69, 9.17) is 0 Å². The predicted molar refractivity (Wildman–Crippen MR) is 86.8 cm³/mol. The van der Waals surface area contributed by atoms with Gasteiger partial charge in [0.15, 0.2) is 0 Å². The van der Waals surface area contributed by atoms with Crippen LogP contribution in [0, 0.1) is 0 Å². The Labute approximate surface area is 136 Å². The molecular formula is C16H26N6O. The summed E-state index contributed by atoms with van der Waals surface area (Å²) < 4.78 is 2.00. The van der Waals surface area contributed by atoms with Crippen LogP contribution in [0.25, 0.3) is 0 Å². The molecule has 0 saturated carbocycles. The lowest BCUT2D eigenvalue weighted by molar-refractivity contribution is -0.0415. The normalized spacial score (nSPS) is 22.6. The average molecular weight is 318 g/mol. The van der Waals surface area contributed by atoms with Gasteiger partial charge in [-0.2, -0.15) is 20.5 Å². The number of nitrogens with one attached hydrogen (secondary N) is 1. The minimum absolute atomic E-state index is 0.584. The molecule has 126 valence electrons. The number of likely N-dealkylation sites (tertiary alicyclic amines) is 1. The van der Waals surface area contributed by atoms with E-state index in [0.717, 1.165) is 38.8 Å². The lowest BCUT2D eigenvalue weighted by Gasteiger charge is -2.38. The fourth-order valence-electron chi connectivity index (χ4n) is 3.69. The molecule has 0 spiro atoms. The highest BCUT2D eigenvalue weighted by atomic mass is 16.3. The lowest BCUT2D eigenvalue weighted by Crippen LogP contribution is -2.46. The fourth-order valence-corrected chi connectivity index (χ4v) is 3.69. The molecule has 0 amide bonds. The number of hydrogen-bond acceptors (Lipinski definition) is 5. The topological polar surface area (TPSA) is 82.9 Å². The summed E-state index contributed by atoms with van der Waals surface area (Å²) in [6.45, 7) is 6.72. The number of aromatic nitrogens is 5. The maximum atomic E-state index is 11.0. The molecule has 1 aliphatic heterocycles. The van der Waals surface area contributed by atoms with E-state index >= 15 is 0 Å². The van der Waals surface area contributed by atoms with E-state index < -0.39 is 5.60 Å². The molecule has 2 N–H and O–H groups in total. The van der Waals surface area contributed by atoms with Crippen LogP contribution < -0.4 is 0 Å². The van der Waals surface area contributed by atoms with Crippen LogP contribution >= 0.6 is 0 Å². The molecule has 1 unspecified atom stereocenters. The van der Waals surface area contributed by atoms with Crippen molar-refractivity contribution in [2.45, 2.75) is 51.7 Å². The number of rotatable bonds is 5. The molecule has 0 aliphatic carbocycles. The van der Waals surface area contributed by atoms with Crippen molar-refractivity contribution in [3.8, 4) is 0 Å². The molecule has 1 aliphatic rings. The third-order valence-corrected chi connectivity index (χ3v) is 4.85. The van der Waals surface area contributed by atoms with Gasteiger partial charge in [0.2, 0.25) is 0 Å². The molecule has 23 heavy (non-hydrogen) atoms. The highest BCUT2D eigenvalue weighted by Gasteiger charge is 2.37. The van der Waals surface area contributed by atoms with Gasteiger partial charge in [0, 0.05) is 31.4 Å². The van der Waals surface area contributed by atoms with Crippen molar-refractivity contribution < 1.29 is 5.11 Å². The number of aryl methyl sites for hydroxylation is 2. The molecule has 2 aromatic heterocycles. The van der Waals surface area contributed by atoms with Gasteiger partial charge < -0.3 is 5.11 Å². The molecule has 7 nitrogen and oxygen atoms in total. The first-order valence-electron chi connectivity index (χ1n) is 8.42. The molecule has 7 heteroatoms. The van der Waals surface area contributed by atoms with Crippen molar-refractivity contribution in [3.63, 3.8) is 0 Å². The van der Waals surface area contributed by atoms with E-state index in [1.54, 1.807) is 6.20 Å². The van der Waals surface area contributed by atoms with Gasteiger partial charge in [-0.3, -0.25) is 9.58 Å². The summed E-state index contributed by atoms with van der Waals surface area (Å²) in [5.74, 6) is 0. The van der Waals surface area contributed by atoms with Crippen LogP contribution in [0.4, 0.5) is 0 Å². The summed E-state index contributed by atoms with van der Waals surface area (Å²) in [5, 5.41) is 26.1. The number of aromatic amines is 1. The molecule has 3 heterocycles. The van der Waals surface area contributed by atoms with Crippen molar-refractivity contribution in [3.05, 3.63) is 28.8 Å². The van der Waals surface area contributed by atoms with Crippen LogP contribution in [0.15, 0.2) is 6.20 Å². The van der Waals surface area contributed by atoms with Gasteiger partial charge in [-0.05, 0) is 32.2 Å². The van der Waals surface area contributed by atoms with Crippen LogP contribution in [0.1, 0.15) is 49.3 Å². The van der Waals surface area contributed by atoms with Gasteiger partial charge in [0.1, 0.15) is 11.3 Å². The van der Waals surface area contributed by atoms with Gasteiger partial charge in [0.05, 0.1) is 11.9 Å². The van der Waals surface area contributed by atoms with Crippen molar-refractivity contribution in [1.29, 1.82) is 0 Å². The highest BCUT2D eigenvalue weighted by Crippen LogP contribution is 2.31. The number of H-pyrrole nitrogens is 1. The van der Waals surface area contributed by atoms with E-state index in [2.05, 4.69) is 39.3 Å². The van der Waals surface area contributed by atoms with Gasteiger partial charge in [0.25, 0.3) is 0 Å². The zero-order chi connectivity index (χ0) is 16.4. The van der Waals surface area contributed by atoms with Crippen LogP contribution in [0.3, 0.4) is 0 Å². The smallest absolute Gasteiger partial charge is 0.123 e. The Morgan fingerprint density at radius 2 is 2.17 bits per heavy atom. The highest BCUT2D eigenvalue weighted by molar-refractivity contribution is 5.27. The molecule has 0 radical (unpaired) electrons. The Bertz CT molecular complexity index is 650. The SMILES string of the molecule is CCc1nn(C)c(CC)c1CN1CCCC(O)(c2cn[nH]n2)C1. The summed E-state index contributed by atoms with van der Waals surface area (Å²) >= 11 is 0. The van der Waals surface area contributed by atoms with E-state index in [0.29, 0.717) is 12.2 Å². The molecule has 1 fully saturated rings. The van der Waals surface area contributed by atoms with E-state index in [9.17, 15) is 5.11 Å². The second kappa shape index (κ2) is 6.41. The summed E-state index contributed by atoms with van der Waals surface area (Å²) in [6, 6.07) is 0. The van der Waals surface area contributed by atoms with E-state index in [1.807, 2.05) is 11.7 Å². The van der Waals surface area contributed by atoms with Gasteiger partial charge in [-0.15, -0.1) is 0 Å². The first kappa shape index (κ1) is 16.1. The maximum absolute atomic E-state index is 11.0. The largest absolute Gasteiger partial charge is 0.382 e.